The predicted octanol–water partition coefficient (Wildman–Crippen LogP) is 1.91. The largest absolute Gasteiger partial charge is 0.460 e. The highest BCUT2D eigenvalue weighted by molar-refractivity contribution is 6.33. The van der Waals surface area contributed by atoms with Crippen molar-refractivity contribution in [2.75, 3.05) is 6.61 Å². The van der Waals surface area contributed by atoms with E-state index in [-0.39, 0.29) is 29.1 Å². The number of ether oxygens (including phenoxy) is 1. The number of carbonyl (C=O) groups is 2. The van der Waals surface area contributed by atoms with Crippen molar-refractivity contribution in [3.8, 4) is 0 Å². The highest BCUT2D eigenvalue weighted by atomic mass is 35.5. The molecule has 1 N–H and O–H groups in total. The zero-order valence-corrected chi connectivity index (χ0v) is 10.2. The number of esters is 1. The van der Waals surface area contributed by atoms with Gasteiger partial charge in [-0.1, -0.05) is 17.7 Å². The SMILES string of the molecule is O=C1CCC(COC(=O)c2cccc(F)c2Cl)N1. The van der Waals surface area contributed by atoms with Gasteiger partial charge >= 0.3 is 5.97 Å². The summed E-state index contributed by atoms with van der Waals surface area (Å²) in [5.74, 6) is -1.42. The zero-order valence-electron chi connectivity index (χ0n) is 9.41. The van der Waals surface area contributed by atoms with E-state index >= 15 is 0 Å². The number of hydrogen-bond donors (Lipinski definition) is 1. The maximum absolute atomic E-state index is 13.1. The Hall–Kier alpha value is -1.62. The molecule has 1 aliphatic heterocycles. The van der Waals surface area contributed by atoms with Crippen LogP contribution in [0.25, 0.3) is 0 Å². The quantitative estimate of drug-likeness (QED) is 0.855. The predicted molar refractivity (Wildman–Crippen MR) is 62.9 cm³/mol. The third-order valence-corrected chi connectivity index (χ3v) is 3.06. The molecule has 0 aliphatic carbocycles. The van der Waals surface area contributed by atoms with Crippen LogP contribution in [-0.2, 0) is 9.53 Å². The number of hydrogen-bond acceptors (Lipinski definition) is 3. The molecule has 4 nitrogen and oxygen atoms in total. The first-order chi connectivity index (χ1) is 8.58. The van der Waals surface area contributed by atoms with Crippen LogP contribution in [0, 0.1) is 5.82 Å². The lowest BCUT2D eigenvalue weighted by Gasteiger charge is -2.11. The lowest BCUT2D eigenvalue weighted by molar-refractivity contribution is -0.119. The topological polar surface area (TPSA) is 55.4 Å². The molecule has 1 aromatic rings. The van der Waals surface area contributed by atoms with Gasteiger partial charge in [-0.3, -0.25) is 4.79 Å². The molecule has 0 aromatic heterocycles. The smallest absolute Gasteiger partial charge is 0.339 e. The molecule has 1 unspecified atom stereocenters. The molecule has 6 heteroatoms. The minimum Gasteiger partial charge on any atom is -0.460 e. The van der Waals surface area contributed by atoms with E-state index in [1.54, 1.807) is 0 Å². The zero-order chi connectivity index (χ0) is 13.1. The fraction of sp³-hybridized carbons (Fsp3) is 0.333. The second-order valence-corrected chi connectivity index (χ2v) is 4.38. The Morgan fingerprint density at radius 3 is 3.00 bits per heavy atom. The molecule has 0 radical (unpaired) electrons. The van der Waals surface area contributed by atoms with Crippen molar-refractivity contribution in [3.05, 3.63) is 34.6 Å². The van der Waals surface area contributed by atoms with E-state index in [1.807, 2.05) is 0 Å². The molecule has 1 aliphatic rings. The van der Waals surface area contributed by atoms with Crippen molar-refractivity contribution in [1.82, 2.24) is 5.32 Å². The van der Waals surface area contributed by atoms with Crippen LogP contribution in [0.5, 0.6) is 0 Å². The van der Waals surface area contributed by atoms with Crippen molar-refractivity contribution in [2.45, 2.75) is 18.9 Å². The number of benzene rings is 1. The Balaban J connectivity index is 1.95. The molecule has 18 heavy (non-hydrogen) atoms. The Morgan fingerprint density at radius 1 is 1.56 bits per heavy atom. The molecular weight excluding hydrogens is 261 g/mol. The summed E-state index contributed by atoms with van der Waals surface area (Å²) in [7, 11) is 0. The van der Waals surface area contributed by atoms with Gasteiger partial charge in [-0.15, -0.1) is 0 Å². The maximum Gasteiger partial charge on any atom is 0.339 e. The number of carbonyl (C=O) groups excluding carboxylic acids is 2. The van der Waals surface area contributed by atoms with Crippen molar-refractivity contribution in [3.63, 3.8) is 0 Å². The standard InChI is InChI=1S/C12H11ClFNO3/c13-11-8(2-1-3-9(11)14)12(17)18-6-7-4-5-10(16)15-7/h1-3,7H,4-6H2,(H,15,16). The fourth-order valence-corrected chi connectivity index (χ4v) is 1.92. The Bertz CT molecular complexity index is 492. The Morgan fingerprint density at radius 2 is 2.33 bits per heavy atom. The van der Waals surface area contributed by atoms with E-state index in [1.165, 1.54) is 12.1 Å². The van der Waals surface area contributed by atoms with Crippen LogP contribution in [0.15, 0.2) is 18.2 Å². The Labute approximate surface area is 108 Å². The molecule has 0 saturated carbocycles. The van der Waals surface area contributed by atoms with Gasteiger partial charge in [-0.25, -0.2) is 9.18 Å². The number of nitrogens with one attached hydrogen (secondary N) is 1. The van der Waals surface area contributed by atoms with Gasteiger partial charge in [0.25, 0.3) is 0 Å². The molecule has 1 saturated heterocycles. The highest BCUT2D eigenvalue weighted by Crippen LogP contribution is 2.20. The first-order valence-electron chi connectivity index (χ1n) is 5.48. The first kappa shape index (κ1) is 12.8. The summed E-state index contributed by atoms with van der Waals surface area (Å²) in [6.45, 7) is 0.0669. The van der Waals surface area contributed by atoms with Crippen molar-refractivity contribution in [2.24, 2.45) is 0 Å². The fourth-order valence-electron chi connectivity index (χ4n) is 1.72. The van der Waals surface area contributed by atoms with Crippen LogP contribution < -0.4 is 5.32 Å². The summed E-state index contributed by atoms with van der Waals surface area (Å²) in [6, 6.07) is 3.76. The van der Waals surface area contributed by atoms with Crippen LogP contribution in [0.2, 0.25) is 5.02 Å². The average molecular weight is 272 g/mol. The first-order valence-corrected chi connectivity index (χ1v) is 5.86. The van der Waals surface area contributed by atoms with Crippen molar-refractivity contribution >= 4 is 23.5 Å². The van der Waals surface area contributed by atoms with E-state index in [9.17, 15) is 14.0 Å². The van der Waals surface area contributed by atoms with Crippen LogP contribution in [-0.4, -0.2) is 24.5 Å². The molecule has 1 atom stereocenters. The van der Waals surface area contributed by atoms with Crippen molar-refractivity contribution in [1.29, 1.82) is 0 Å². The number of amides is 1. The summed E-state index contributed by atoms with van der Waals surface area (Å²) in [5.41, 5.74) is -0.0130. The van der Waals surface area contributed by atoms with E-state index in [2.05, 4.69) is 5.32 Å². The summed E-state index contributed by atoms with van der Waals surface area (Å²) in [6.07, 6.45) is 1.06. The third-order valence-electron chi connectivity index (χ3n) is 2.67. The maximum atomic E-state index is 13.1. The molecule has 0 bridgehead atoms. The van der Waals surface area contributed by atoms with Crippen LogP contribution in [0.4, 0.5) is 4.39 Å². The average Bonchev–Trinajstić information content (AvgIpc) is 2.76. The lowest BCUT2D eigenvalue weighted by Crippen LogP contribution is -2.30. The summed E-state index contributed by atoms with van der Waals surface area (Å²) in [5, 5.41) is 2.41. The van der Waals surface area contributed by atoms with Crippen LogP contribution in [0.3, 0.4) is 0 Å². The number of halogens is 2. The van der Waals surface area contributed by atoms with E-state index in [0.29, 0.717) is 12.8 Å². The van der Waals surface area contributed by atoms with Crippen molar-refractivity contribution < 1.29 is 18.7 Å². The molecule has 1 heterocycles. The normalized spacial score (nSPS) is 18.6. The summed E-state index contributed by atoms with van der Waals surface area (Å²) in [4.78, 5) is 22.6. The van der Waals surface area contributed by atoms with Gasteiger partial charge in [0.15, 0.2) is 0 Å². The van der Waals surface area contributed by atoms with Gasteiger partial charge in [0.05, 0.1) is 16.6 Å². The minimum absolute atomic E-state index is 0.0130. The molecule has 0 spiro atoms. The van der Waals surface area contributed by atoms with Gasteiger partial charge in [0, 0.05) is 6.42 Å². The second-order valence-electron chi connectivity index (χ2n) is 4.00. The van der Waals surface area contributed by atoms with Gasteiger partial charge in [-0.05, 0) is 18.6 Å². The van der Waals surface area contributed by atoms with Crippen LogP contribution in [0.1, 0.15) is 23.2 Å². The summed E-state index contributed by atoms with van der Waals surface area (Å²) < 4.78 is 18.1. The molecule has 1 aromatic carbocycles. The summed E-state index contributed by atoms with van der Waals surface area (Å²) >= 11 is 5.66. The molecular formula is C12H11ClFNO3. The van der Waals surface area contributed by atoms with Crippen LogP contribution >= 0.6 is 11.6 Å². The molecule has 1 amide bonds. The second kappa shape index (κ2) is 5.35. The molecule has 1 fully saturated rings. The Kier molecular flexibility index (Phi) is 3.81. The molecule has 2 rings (SSSR count). The van der Waals surface area contributed by atoms with Gasteiger partial charge in [-0.2, -0.15) is 0 Å². The molecule has 96 valence electrons. The van der Waals surface area contributed by atoms with E-state index < -0.39 is 11.8 Å². The minimum atomic E-state index is -0.694. The third kappa shape index (κ3) is 2.79. The number of rotatable bonds is 3. The monoisotopic (exact) mass is 271 g/mol. The van der Waals surface area contributed by atoms with E-state index in [4.69, 9.17) is 16.3 Å². The van der Waals surface area contributed by atoms with Gasteiger partial charge in [0.2, 0.25) is 5.91 Å². The van der Waals surface area contributed by atoms with Gasteiger partial charge < -0.3 is 10.1 Å². The van der Waals surface area contributed by atoms with E-state index in [0.717, 1.165) is 6.07 Å². The van der Waals surface area contributed by atoms with Gasteiger partial charge in [0.1, 0.15) is 12.4 Å². The lowest BCUT2D eigenvalue weighted by atomic mass is 10.2. The highest BCUT2D eigenvalue weighted by Gasteiger charge is 2.23.